The fourth-order valence-electron chi connectivity index (χ4n) is 1.38. The maximum Gasteiger partial charge on any atom is 0.316 e. The Balaban J connectivity index is 5.00. The second kappa shape index (κ2) is 6.93. The summed E-state index contributed by atoms with van der Waals surface area (Å²) in [5.41, 5.74) is -1.58. The van der Waals surface area contributed by atoms with E-state index >= 15 is 0 Å². The average molecular weight is 261 g/mol. The molecule has 0 spiro atoms. The first kappa shape index (κ1) is 16.3. The number of nitro groups is 1. The van der Waals surface area contributed by atoms with Gasteiger partial charge in [0.2, 0.25) is 5.54 Å². The van der Waals surface area contributed by atoms with Crippen LogP contribution in [0.3, 0.4) is 0 Å². The quantitative estimate of drug-likeness (QED) is 0.388. The fraction of sp³-hybridized carbons (Fsp3) is 0.818. The van der Waals surface area contributed by atoms with Crippen molar-refractivity contribution in [2.75, 3.05) is 13.2 Å². The Kier molecular flexibility index (Phi) is 6.29. The van der Waals surface area contributed by atoms with Gasteiger partial charge in [0.1, 0.15) is 5.92 Å². The second-order valence-electron chi connectivity index (χ2n) is 4.22. The molecule has 0 fully saturated rings. The van der Waals surface area contributed by atoms with E-state index in [1.807, 2.05) is 0 Å². The number of rotatable bonds is 7. The zero-order chi connectivity index (χ0) is 14.3. The van der Waals surface area contributed by atoms with E-state index in [9.17, 15) is 19.7 Å². The van der Waals surface area contributed by atoms with Gasteiger partial charge in [0.25, 0.3) is 0 Å². The molecular weight excluding hydrogens is 242 g/mol. The molecule has 0 N–H and O–H groups in total. The monoisotopic (exact) mass is 261 g/mol. The highest BCUT2D eigenvalue weighted by atomic mass is 16.6. The van der Waals surface area contributed by atoms with Gasteiger partial charge < -0.3 is 9.47 Å². The molecule has 0 aliphatic carbocycles. The van der Waals surface area contributed by atoms with Crippen LogP contribution in [0.25, 0.3) is 0 Å². The largest absolute Gasteiger partial charge is 0.466 e. The van der Waals surface area contributed by atoms with Gasteiger partial charge >= 0.3 is 11.9 Å². The van der Waals surface area contributed by atoms with Crippen LogP contribution in [0.4, 0.5) is 0 Å². The minimum absolute atomic E-state index is 0.103. The minimum atomic E-state index is -1.58. The third-order valence-electron chi connectivity index (χ3n) is 2.57. The van der Waals surface area contributed by atoms with Crippen LogP contribution in [0.5, 0.6) is 0 Å². The van der Waals surface area contributed by atoms with Gasteiger partial charge in [-0.15, -0.1) is 0 Å². The lowest BCUT2D eigenvalue weighted by atomic mass is 9.85. The van der Waals surface area contributed by atoms with E-state index in [2.05, 4.69) is 0 Å². The van der Waals surface area contributed by atoms with Gasteiger partial charge in [-0.2, -0.15) is 0 Å². The molecule has 0 heterocycles. The number of carbonyl (C=O) groups excluding carboxylic acids is 2. The van der Waals surface area contributed by atoms with E-state index in [0.29, 0.717) is 0 Å². The summed E-state index contributed by atoms with van der Waals surface area (Å²) in [7, 11) is 0. The Morgan fingerprint density at radius 2 is 1.72 bits per heavy atom. The van der Waals surface area contributed by atoms with Crippen molar-refractivity contribution in [2.24, 2.45) is 5.92 Å². The zero-order valence-corrected chi connectivity index (χ0v) is 11.1. The maximum atomic E-state index is 11.7. The van der Waals surface area contributed by atoms with Crippen LogP contribution in [0.2, 0.25) is 0 Å². The van der Waals surface area contributed by atoms with Crippen LogP contribution in [0, 0.1) is 16.0 Å². The third-order valence-corrected chi connectivity index (χ3v) is 2.57. The molecule has 0 bridgehead atoms. The highest BCUT2D eigenvalue weighted by Gasteiger charge is 2.47. The van der Waals surface area contributed by atoms with E-state index in [1.165, 1.54) is 13.8 Å². The lowest BCUT2D eigenvalue weighted by molar-refractivity contribution is -0.568. The van der Waals surface area contributed by atoms with E-state index < -0.39 is 28.3 Å². The van der Waals surface area contributed by atoms with Crippen molar-refractivity contribution in [3.05, 3.63) is 10.1 Å². The number of hydrogen-bond acceptors (Lipinski definition) is 6. The molecule has 0 saturated heterocycles. The third kappa shape index (κ3) is 4.31. The number of ether oxygens (including phenoxy) is 2. The van der Waals surface area contributed by atoms with E-state index in [1.54, 1.807) is 13.8 Å². The van der Waals surface area contributed by atoms with Crippen molar-refractivity contribution in [2.45, 2.75) is 39.7 Å². The molecule has 1 atom stereocenters. The van der Waals surface area contributed by atoms with Gasteiger partial charge in [-0.25, -0.2) is 0 Å². The molecule has 0 unspecified atom stereocenters. The molecule has 0 amide bonds. The van der Waals surface area contributed by atoms with E-state index in [4.69, 9.17) is 9.47 Å². The van der Waals surface area contributed by atoms with Crippen LogP contribution < -0.4 is 0 Å². The highest BCUT2D eigenvalue weighted by Crippen LogP contribution is 2.25. The molecule has 18 heavy (non-hydrogen) atoms. The number of carbonyl (C=O) groups is 2. The lowest BCUT2D eigenvalue weighted by Gasteiger charge is -2.24. The van der Waals surface area contributed by atoms with Gasteiger partial charge in [-0.3, -0.25) is 19.7 Å². The molecule has 7 nitrogen and oxygen atoms in total. The molecule has 7 heteroatoms. The van der Waals surface area contributed by atoms with Crippen LogP contribution >= 0.6 is 0 Å². The van der Waals surface area contributed by atoms with Gasteiger partial charge in [-0.1, -0.05) is 0 Å². The Morgan fingerprint density at radius 1 is 1.22 bits per heavy atom. The maximum absolute atomic E-state index is 11.7. The Labute approximate surface area is 106 Å². The summed E-state index contributed by atoms with van der Waals surface area (Å²) in [6, 6.07) is 0. The van der Waals surface area contributed by atoms with Crippen molar-refractivity contribution in [3.8, 4) is 0 Å². The SMILES string of the molecule is CCOC(=O)C[C@@H](C(=O)OCC)C(C)(C)[N+](=O)[O-]. The molecule has 0 aromatic rings. The minimum Gasteiger partial charge on any atom is -0.466 e. The predicted molar refractivity (Wildman–Crippen MR) is 62.4 cm³/mol. The van der Waals surface area contributed by atoms with Gasteiger partial charge in [0.15, 0.2) is 0 Å². The summed E-state index contributed by atoms with van der Waals surface area (Å²) in [6.07, 6.45) is -0.360. The molecule has 0 aliphatic rings. The molecule has 0 saturated carbocycles. The van der Waals surface area contributed by atoms with Crippen molar-refractivity contribution >= 4 is 11.9 Å². The van der Waals surface area contributed by atoms with Crippen molar-refractivity contribution in [1.29, 1.82) is 0 Å². The zero-order valence-electron chi connectivity index (χ0n) is 11.1. The Bertz CT molecular complexity index is 325. The molecule has 0 aliphatic heterocycles. The van der Waals surface area contributed by atoms with Crippen LogP contribution in [0.1, 0.15) is 34.1 Å². The fourth-order valence-corrected chi connectivity index (χ4v) is 1.38. The van der Waals surface area contributed by atoms with Gasteiger partial charge in [0, 0.05) is 18.8 Å². The van der Waals surface area contributed by atoms with Gasteiger partial charge in [0.05, 0.1) is 19.6 Å². The Hall–Kier alpha value is -1.66. The first-order valence-electron chi connectivity index (χ1n) is 5.74. The standard InChI is InChI=1S/C11H19NO6/c1-5-17-9(13)7-8(10(14)18-6-2)11(3,4)12(15)16/h8H,5-7H2,1-4H3/t8-/m0/s1. The van der Waals surface area contributed by atoms with Crippen LogP contribution in [0.15, 0.2) is 0 Å². The average Bonchev–Trinajstić information content (AvgIpc) is 2.26. The summed E-state index contributed by atoms with van der Waals surface area (Å²) in [4.78, 5) is 33.4. The van der Waals surface area contributed by atoms with Crippen molar-refractivity contribution < 1.29 is 24.0 Å². The van der Waals surface area contributed by atoms with Crippen LogP contribution in [-0.4, -0.2) is 35.6 Å². The van der Waals surface area contributed by atoms with E-state index in [-0.39, 0.29) is 19.6 Å². The molecule has 0 rings (SSSR count). The smallest absolute Gasteiger partial charge is 0.316 e. The summed E-state index contributed by atoms with van der Waals surface area (Å²) in [5.74, 6) is -2.57. The number of hydrogen-bond donors (Lipinski definition) is 0. The highest BCUT2D eigenvalue weighted by molar-refractivity contribution is 5.80. The first-order valence-corrected chi connectivity index (χ1v) is 5.74. The summed E-state index contributed by atoms with van der Waals surface area (Å²) in [6.45, 7) is 6.05. The van der Waals surface area contributed by atoms with Crippen LogP contribution in [-0.2, 0) is 19.1 Å². The molecule has 0 radical (unpaired) electrons. The number of esters is 2. The molecule has 104 valence electrons. The van der Waals surface area contributed by atoms with Crippen molar-refractivity contribution in [1.82, 2.24) is 0 Å². The first-order chi connectivity index (χ1) is 8.27. The summed E-state index contributed by atoms with van der Waals surface area (Å²) in [5, 5.41) is 11.0. The number of nitrogens with zero attached hydrogens (tertiary/aromatic N) is 1. The van der Waals surface area contributed by atoms with E-state index in [0.717, 1.165) is 0 Å². The normalized spacial score (nSPS) is 12.7. The molecule has 0 aromatic heterocycles. The lowest BCUT2D eigenvalue weighted by Crippen LogP contribution is -2.45. The predicted octanol–water partition coefficient (Wildman–Crippen LogP) is 1.17. The topological polar surface area (TPSA) is 95.7 Å². The second-order valence-corrected chi connectivity index (χ2v) is 4.22. The molecular formula is C11H19NO6. The Morgan fingerprint density at radius 3 is 2.11 bits per heavy atom. The van der Waals surface area contributed by atoms with Gasteiger partial charge in [-0.05, 0) is 13.8 Å². The van der Waals surface area contributed by atoms with Crippen molar-refractivity contribution in [3.63, 3.8) is 0 Å². The molecule has 0 aromatic carbocycles. The summed E-state index contributed by atoms with van der Waals surface area (Å²) >= 11 is 0. The summed E-state index contributed by atoms with van der Waals surface area (Å²) < 4.78 is 9.47.